The van der Waals surface area contributed by atoms with E-state index in [0.29, 0.717) is 21.6 Å². The molecule has 0 radical (unpaired) electrons. The van der Waals surface area contributed by atoms with E-state index in [0.717, 1.165) is 41.1 Å². The van der Waals surface area contributed by atoms with Gasteiger partial charge in [-0.15, -0.1) is 23.1 Å². The molecular weight excluding hydrogens is 481 g/mol. The number of fused-ring (bicyclic) bond motifs is 1. The molecule has 0 saturated carbocycles. The maximum absolute atomic E-state index is 12.9. The van der Waals surface area contributed by atoms with E-state index >= 15 is 0 Å². The Morgan fingerprint density at radius 2 is 1.88 bits per heavy atom. The summed E-state index contributed by atoms with van der Waals surface area (Å²) in [6, 6.07) is 19.9. The first-order valence-electron chi connectivity index (χ1n) is 11.2. The largest absolute Gasteiger partial charge is 0.332 e. The Hall–Kier alpha value is -2.86. The molecule has 1 aliphatic carbocycles. The molecule has 1 aliphatic rings. The van der Waals surface area contributed by atoms with Gasteiger partial charge in [0, 0.05) is 21.1 Å². The number of thiocarbonyl (C=S) groups is 1. The summed E-state index contributed by atoms with van der Waals surface area (Å²) in [4.78, 5) is 15.1. The molecule has 1 amide bonds. The van der Waals surface area contributed by atoms with Gasteiger partial charge in [0.1, 0.15) is 11.1 Å². The average molecular weight is 507 g/mol. The molecule has 3 N–H and O–H groups in total. The van der Waals surface area contributed by atoms with Crippen LogP contribution in [0.15, 0.2) is 59.5 Å². The number of benzene rings is 2. The standard InChI is InChI=1S/C26H26N4OS3/c1-16-11-12-21-22(15-27)25(34-23(21)13-16)30-24(31)17(2)33-20-10-6-9-19(14-20)29-26(32)28-18-7-4-3-5-8-18/h3-10,14,16-17H,11-13H2,1-2H3,(H,30,31)(H2,28,29,32). The first kappa shape index (κ1) is 24.3. The Labute approximate surface area is 214 Å². The Kier molecular flexibility index (Phi) is 7.88. The van der Waals surface area contributed by atoms with Gasteiger partial charge in [-0.25, -0.2) is 0 Å². The Bertz CT molecular complexity index is 1230. The molecule has 2 unspecified atom stereocenters. The lowest BCUT2D eigenvalue weighted by molar-refractivity contribution is -0.115. The molecule has 0 spiro atoms. The number of nitriles is 1. The van der Waals surface area contributed by atoms with Gasteiger partial charge in [0.2, 0.25) is 5.91 Å². The molecule has 8 heteroatoms. The average Bonchev–Trinajstić information content (AvgIpc) is 3.15. The van der Waals surface area contributed by atoms with Crippen LogP contribution in [0.2, 0.25) is 0 Å². The number of thiophene rings is 1. The molecule has 0 aliphatic heterocycles. The number of nitrogens with zero attached hydrogens (tertiary/aromatic N) is 1. The van der Waals surface area contributed by atoms with Gasteiger partial charge in [0.15, 0.2) is 5.11 Å². The second-order valence-corrected chi connectivity index (χ2v) is 11.3. The molecule has 34 heavy (non-hydrogen) atoms. The predicted molar refractivity (Wildman–Crippen MR) is 147 cm³/mol. The van der Waals surface area contributed by atoms with Gasteiger partial charge in [0.05, 0.1) is 10.8 Å². The molecule has 0 saturated heterocycles. The summed E-state index contributed by atoms with van der Waals surface area (Å²) < 4.78 is 0. The van der Waals surface area contributed by atoms with E-state index in [-0.39, 0.29) is 11.2 Å². The fraction of sp³-hybridized carbons (Fsp3) is 0.269. The third-order valence-corrected chi connectivity index (χ3v) is 8.13. The second-order valence-electron chi connectivity index (χ2n) is 8.39. The molecule has 4 rings (SSSR count). The Morgan fingerprint density at radius 3 is 2.65 bits per heavy atom. The number of hydrogen-bond acceptors (Lipinski definition) is 5. The lowest BCUT2D eigenvalue weighted by Gasteiger charge is -2.17. The molecular formula is C26H26N4OS3. The number of nitrogens with one attached hydrogen (secondary N) is 3. The number of rotatable bonds is 6. The summed E-state index contributed by atoms with van der Waals surface area (Å²) in [7, 11) is 0. The monoisotopic (exact) mass is 506 g/mol. The van der Waals surface area contributed by atoms with E-state index in [9.17, 15) is 10.1 Å². The van der Waals surface area contributed by atoms with E-state index in [1.165, 1.54) is 16.6 Å². The van der Waals surface area contributed by atoms with E-state index in [4.69, 9.17) is 12.2 Å². The van der Waals surface area contributed by atoms with Crippen LogP contribution in [-0.2, 0) is 17.6 Å². The van der Waals surface area contributed by atoms with Crippen molar-refractivity contribution in [1.82, 2.24) is 0 Å². The molecule has 1 aromatic heterocycles. The van der Waals surface area contributed by atoms with Crippen molar-refractivity contribution in [2.45, 2.75) is 43.3 Å². The third-order valence-electron chi connectivity index (χ3n) is 5.67. The number of amides is 1. The maximum Gasteiger partial charge on any atom is 0.238 e. The zero-order valence-corrected chi connectivity index (χ0v) is 21.5. The van der Waals surface area contributed by atoms with Gasteiger partial charge >= 0.3 is 0 Å². The number of hydrogen-bond donors (Lipinski definition) is 3. The summed E-state index contributed by atoms with van der Waals surface area (Å²) in [6.07, 6.45) is 2.99. The molecule has 0 bridgehead atoms. The van der Waals surface area contributed by atoms with Crippen molar-refractivity contribution in [3.05, 3.63) is 70.6 Å². The highest BCUT2D eigenvalue weighted by atomic mass is 32.2. The summed E-state index contributed by atoms with van der Waals surface area (Å²) in [5, 5.41) is 19.9. The Morgan fingerprint density at radius 1 is 1.15 bits per heavy atom. The van der Waals surface area contributed by atoms with Gasteiger partial charge in [0.25, 0.3) is 0 Å². The van der Waals surface area contributed by atoms with E-state index < -0.39 is 0 Å². The van der Waals surface area contributed by atoms with Gasteiger partial charge in [-0.2, -0.15) is 5.26 Å². The zero-order chi connectivity index (χ0) is 24.1. The first-order chi connectivity index (χ1) is 16.4. The van der Waals surface area contributed by atoms with Crippen molar-refractivity contribution >= 4 is 62.7 Å². The first-order valence-corrected chi connectivity index (χ1v) is 13.3. The molecule has 174 valence electrons. The van der Waals surface area contributed by atoms with Crippen molar-refractivity contribution in [3.63, 3.8) is 0 Å². The number of carbonyl (C=O) groups excluding carboxylic acids is 1. The van der Waals surface area contributed by atoms with Crippen molar-refractivity contribution in [2.75, 3.05) is 16.0 Å². The van der Waals surface area contributed by atoms with Crippen molar-refractivity contribution in [3.8, 4) is 6.07 Å². The minimum Gasteiger partial charge on any atom is -0.332 e. The van der Waals surface area contributed by atoms with Crippen molar-refractivity contribution in [1.29, 1.82) is 5.26 Å². The lowest BCUT2D eigenvalue weighted by atomic mass is 9.89. The van der Waals surface area contributed by atoms with E-state index in [2.05, 4.69) is 28.9 Å². The van der Waals surface area contributed by atoms with Crippen LogP contribution in [-0.4, -0.2) is 16.3 Å². The molecule has 0 fully saturated rings. The highest BCUT2D eigenvalue weighted by molar-refractivity contribution is 8.00. The van der Waals surface area contributed by atoms with Gasteiger partial charge in [-0.1, -0.05) is 31.2 Å². The third kappa shape index (κ3) is 5.98. The van der Waals surface area contributed by atoms with Gasteiger partial charge in [-0.3, -0.25) is 4.79 Å². The summed E-state index contributed by atoms with van der Waals surface area (Å²) in [5.74, 6) is 0.514. The van der Waals surface area contributed by atoms with Crippen LogP contribution in [0.5, 0.6) is 0 Å². The van der Waals surface area contributed by atoms with E-state index in [1.54, 1.807) is 11.3 Å². The summed E-state index contributed by atoms with van der Waals surface area (Å²) >= 11 is 8.44. The van der Waals surface area contributed by atoms with Crippen LogP contribution < -0.4 is 16.0 Å². The molecule has 2 atom stereocenters. The van der Waals surface area contributed by atoms with Crippen LogP contribution in [0.25, 0.3) is 0 Å². The predicted octanol–water partition coefficient (Wildman–Crippen LogP) is 6.67. The molecule has 5 nitrogen and oxygen atoms in total. The summed E-state index contributed by atoms with van der Waals surface area (Å²) in [5.41, 5.74) is 3.53. The highest BCUT2D eigenvalue weighted by Gasteiger charge is 2.25. The van der Waals surface area contributed by atoms with Crippen LogP contribution in [0.3, 0.4) is 0 Å². The van der Waals surface area contributed by atoms with Crippen molar-refractivity contribution in [2.24, 2.45) is 5.92 Å². The fourth-order valence-electron chi connectivity index (χ4n) is 3.89. The number of carbonyl (C=O) groups is 1. The smallest absolute Gasteiger partial charge is 0.238 e. The number of para-hydroxylation sites is 1. The minimum absolute atomic E-state index is 0.104. The topological polar surface area (TPSA) is 77.0 Å². The second kappa shape index (κ2) is 11.0. The quantitative estimate of drug-likeness (QED) is 0.256. The van der Waals surface area contributed by atoms with Crippen LogP contribution >= 0.6 is 35.3 Å². The summed E-state index contributed by atoms with van der Waals surface area (Å²) in [6.45, 7) is 4.11. The van der Waals surface area contributed by atoms with Crippen LogP contribution in [0, 0.1) is 17.2 Å². The SMILES string of the molecule is CC1CCc2c(sc(NC(=O)C(C)Sc3cccc(NC(=S)Nc4ccccc4)c3)c2C#N)C1. The minimum atomic E-state index is -0.325. The van der Waals surface area contributed by atoms with Crippen LogP contribution in [0.4, 0.5) is 16.4 Å². The fourth-order valence-corrected chi connectivity index (χ4v) is 6.42. The van der Waals surface area contributed by atoms with E-state index in [1.807, 2.05) is 61.5 Å². The van der Waals surface area contributed by atoms with Crippen molar-refractivity contribution < 1.29 is 4.79 Å². The molecule has 2 aromatic carbocycles. The normalized spacial score (nSPS) is 15.5. The number of anilines is 3. The lowest BCUT2D eigenvalue weighted by Crippen LogP contribution is -2.22. The molecule has 3 aromatic rings. The number of thioether (sulfide) groups is 1. The molecule has 1 heterocycles. The van der Waals surface area contributed by atoms with Gasteiger partial charge in [-0.05, 0) is 80.2 Å². The highest BCUT2D eigenvalue weighted by Crippen LogP contribution is 2.39. The zero-order valence-electron chi connectivity index (χ0n) is 19.1. The maximum atomic E-state index is 12.9. The Balaban J connectivity index is 1.37. The van der Waals surface area contributed by atoms with Crippen LogP contribution in [0.1, 0.15) is 36.3 Å². The van der Waals surface area contributed by atoms with Gasteiger partial charge < -0.3 is 16.0 Å².